The standard InChI is InChI=1S/C19H17N5OS/c1-26(25)15-7-8-17-16(11-15)18(21-12-14-5-3-2-4-6-14)23-19(22-17)24-10-9-20-13-24/h2-11,13H,12H2,1H3,(H,21,22,23). The Kier molecular flexibility index (Phi) is 4.45. The summed E-state index contributed by atoms with van der Waals surface area (Å²) < 4.78 is 13.6. The molecule has 0 bridgehead atoms. The van der Waals surface area contributed by atoms with Gasteiger partial charge in [-0.25, -0.2) is 9.97 Å². The van der Waals surface area contributed by atoms with Crippen molar-refractivity contribution in [1.29, 1.82) is 0 Å². The third-order valence-corrected chi connectivity index (χ3v) is 4.94. The van der Waals surface area contributed by atoms with Crippen molar-refractivity contribution in [2.24, 2.45) is 0 Å². The summed E-state index contributed by atoms with van der Waals surface area (Å²) in [5, 5.41) is 4.23. The highest BCUT2D eigenvalue weighted by Gasteiger charge is 2.11. The van der Waals surface area contributed by atoms with Gasteiger partial charge >= 0.3 is 0 Å². The Morgan fingerprint density at radius 2 is 1.96 bits per heavy atom. The number of fused-ring (bicyclic) bond motifs is 1. The van der Waals surface area contributed by atoms with E-state index in [-0.39, 0.29) is 0 Å². The lowest BCUT2D eigenvalue weighted by molar-refractivity contribution is 0.687. The second-order valence-corrected chi connectivity index (χ2v) is 7.19. The summed E-state index contributed by atoms with van der Waals surface area (Å²) in [6, 6.07) is 15.7. The van der Waals surface area contributed by atoms with Crippen LogP contribution < -0.4 is 5.32 Å². The maximum Gasteiger partial charge on any atom is 0.237 e. The Morgan fingerprint density at radius 3 is 2.69 bits per heavy atom. The fraction of sp³-hybridized carbons (Fsp3) is 0.105. The molecule has 0 fully saturated rings. The first kappa shape index (κ1) is 16.4. The van der Waals surface area contributed by atoms with Crippen LogP contribution in [0.5, 0.6) is 0 Å². The second kappa shape index (κ2) is 7.05. The zero-order valence-corrected chi connectivity index (χ0v) is 15.0. The minimum absolute atomic E-state index is 0.538. The number of benzene rings is 2. The molecule has 26 heavy (non-hydrogen) atoms. The fourth-order valence-corrected chi connectivity index (χ4v) is 3.23. The molecule has 4 aromatic rings. The van der Waals surface area contributed by atoms with Crippen LogP contribution in [0, 0.1) is 0 Å². The van der Waals surface area contributed by atoms with E-state index in [2.05, 4.69) is 32.4 Å². The molecule has 7 heteroatoms. The second-order valence-electron chi connectivity index (χ2n) is 5.81. The van der Waals surface area contributed by atoms with Gasteiger partial charge in [0.15, 0.2) is 0 Å². The lowest BCUT2D eigenvalue weighted by Gasteiger charge is -2.12. The molecule has 2 aromatic heterocycles. The summed E-state index contributed by atoms with van der Waals surface area (Å²) in [4.78, 5) is 14.1. The first-order valence-corrected chi connectivity index (χ1v) is 9.68. The van der Waals surface area contributed by atoms with Crippen LogP contribution in [-0.4, -0.2) is 30.0 Å². The number of imidazole rings is 1. The zero-order valence-electron chi connectivity index (χ0n) is 14.2. The van der Waals surface area contributed by atoms with E-state index in [1.165, 1.54) is 0 Å². The van der Waals surface area contributed by atoms with Crippen molar-refractivity contribution in [3.05, 3.63) is 72.8 Å². The van der Waals surface area contributed by atoms with E-state index in [1.54, 1.807) is 29.5 Å². The van der Waals surface area contributed by atoms with Crippen LogP contribution in [0.2, 0.25) is 0 Å². The molecule has 0 aliphatic heterocycles. The first-order chi connectivity index (χ1) is 12.7. The van der Waals surface area contributed by atoms with E-state index in [1.807, 2.05) is 36.4 Å². The Hall–Kier alpha value is -3.06. The monoisotopic (exact) mass is 363 g/mol. The summed E-state index contributed by atoms with van der Waals surface area (Å²) in [5.74, 6) is 1.24. The van der Waals surface area contributed by atoms with Crippen LogP contribution >= 0.6 is 0 Å². The highest BCUT2D eigenvalue weighted by molar-refractivity contribution is 7.84. The average molecular weight is 363 g/mol. The molecule has 2 aromatic carbocycles. The molecule has 0 spiro atoms. The van der Waals surface area contributed by atoms with Gasteiger partial charge in [0.2, 0.25) is 5.95 Å². The number of anilines is 1. The largest absolute Gasteiger partial charge is 0.365 e. The van der Waals surface area contributed by atoms with E-state index in [0.717, 1.165) is 21.4 Å². The smallest absolute Gasteiger partial charge is 0.237 e. The molecule has 130 valence electrons. The molecule has 1 atom stereocenters. The van der Waals surface area contributed by atoms with Gasteiger partial charge in [-0.1, -0.05) is 30.3 Å². The van der Waals surface area contributed by atoms with E-state index >= 15 is 0 Å². The maximum atomic E-state index is 11.9. The van der Waals surface area contributed by atoms with E-state index in [9.17, 15) is 4.21 Å². The molecule has 0 radical (unpaired) electrons. The molecule has 4 rings (SSSR count). The van der Waals surface area contributed by atoms with Crippen molar-refractivity contribution < 1.29 is 4.21 Å². The molecular formula is C19H17N5OS. The normalized spacial score (nSPS) is 12.2. The number of hydrogen-bond donors (Lipinski definition) is 1. The predicted octanol–water partition coefficient (Wildman–Crippen LogP) is 3.17. The molecule has 0 aliphatic carbocycles. The van der Waals surface area contributed by atoms with Gasteiger partial charge < -0.3 is 5.32 Å². The van der Waals surface area contributed by atoms with Crippen LogP contribution in [-0.2, 0) is 17.3 Å². The number of nitrogens with zero attached hydrogens (tertiary/aromatic N) is 4. The minimum atomic E-state index is -1.07. The van der Waals surface area contributed by atoms with E-state index < -0.39 is 10.8 Å². The van der Waals surface area contributed by atoms with Gasteiger partial charge in [-0.15, -0.1) is 0 Å². The van der Waals surface area contributed by atoms with Gasteiger partial charge in [0.05, 0.1) is 5.52 Å². The van der Waals surface area contributed by atoms with Gasteiger partial charge in [-0.05, 0) is 23.8 Å². The lowest BCUT2D eigenvalue weighted by Crippen LogP contribution is -2.07. The van der Waals surface area contributed by atoms with Crippen LogP contribution in [0.4, 0.5) is 5.82 Å². The van der Waals surface area contributed by atoms with Crippen LogP contribution in [0.15, 0.2) is 72.1 Å². The summed E-state index contributed by atoms with van der Waals surface area (Å²) in [7, 11) is -1.07. The van der Waals surface area contributed by atoms with Crippen LogP contribution in [0.25, 0.3) is 16.9 Å². The summed E-state index contributed by atoms with van der Waals surface area (Å²) in [6.07, 6.45) is 6.82. The highest BCUT2D eigenvalue weighted by Crippen LogP contribution is 2.24. The van der Waals surface area contributed by atoms with Gasteiger partial charge in [0.1, 0.15) is 12.1 Å². The van der Waals surface area contributed by atoms with Gasteiger partial charge in [0.25, 0.3) is 0 Å². The Morgan fingerprint density at radius 1 is 1.12 bits per heavy atom. The quantitative estimate of drug-likeness (QED) is 0.590. The Bertz CT molecular complexity index is 1060. The van der Waals surface area contributed by atoms with Crippen molar-refractivity contribution in [2.45, 2.75) is 11.4 Å². The summed E-state index contributed by atoms with van der Waals surface area (Å²) >= 11 is 0. The molecule has 2 heterocycles. The van der Waals surface area contributed by atoms with Crippen molar-refractivity contribution in [3.63, 3.8) is 0 Å². The van der Waals surface area contributed by atoms with Crippen LogP contribution in [0.1, 0.15) is 5.56 Å². The van der Waals surface area contributed by atoms with Gasteiger partial charge in [-0.2, -0.15) is 4.98 Å². The molecule has 6 nitrogen and oxygen atoms in total. The van der Waals surface area contributed by atoms with Crippen molar-refractivity contribution in [3.8, 4) is 5.95 Å². The topological polar surface area (TPSA) is 72.7 Å². The molecule has 0 saturated carbocycles. The maximum absolute atomic E-state index is 11.9. The zero-order chi connectivity index (χ0) is 17.9. The first-order valence-electron chi connectivity index (χ1n) is 8.12. The molecule has 1 N–H and O–H groups in total. The molecule has 1 unspecified atom stereocenters. The summed E-state index contributed by atoms with van der Waals surface area (Å²) in [6.45, 7) is 0.635. The predicted molar refractivity (Wildman–Crippen MR) is 103 cm³/mol. The minimum Gasteiger partial charge on any atom is -0.365 e. The van der Waals surface area contributed by atoms with Crippen LogP contribution in [0.3, 0.4) is 0 Å². The number of rotatable bonds is 5. The Balaban J connectivity index is 1.80. The Labute approximate surface area is 153 Å². The fourth-order valence-electron chi connectivity index (χ4n) is 2.68. The van der Waals surface area contributed by atoms with Gasteiger partial charge in [-0.3, -0.25) is 8.78 Å². The lowest BCUT2D eigenvalue weighted by atomic mass is 10.2. The third kappa shape index (κ3) is 3.34. The molecule has 0 amide bonds. The number of hydrogen-bond acceptors (Lipinski definition) is 5. The highest BCUT2D eigenvalue weighted by atomic mass is 32.2. The number of nitrogens with one attached hydrogen (secondary N) is 1. The summed E-state index contributed by atoms with van der Waals surface area (Å²) in [5.41, 5.74) is 1.94. The molecule has 0 aliphatic rings. The SMILES string of the molecule is CS(=O)c1ccc2nc(-n3ccnc3)nc(NCc3ccccc3)c2c1. The molecule has 0 saturated heterocycles. The number of aromatic nitrogens is 4. The van der Waals surface area contributed by atoms with E-state index in [4.69, 9.17) is 0 Å². The molecular weight excluding hydrogens is 346 g/mol. The van der Waals surface area contributed by atoms with Crippen molar-refractivity contribution in [1.82, 2.24) is 19.5 Å². The van der Waals surface area contributed by atoms with E-state index in [0.29, 0.717) is 18.3 Å². The van der Waals surface area contributed by atoms with Gasteiger partial charge in [0, 0.05) is 46.3 Å². The van der Waals surface area contributed by atoms with Crippen molar-refractivity contribution in [2.75, 3.05) is 11.6 Å². The third-order valence-electron chi connectivity index (χ3n) is 4.03. The van der Waals surface area contributed by atoms with Crippen molar-refractivity contribution >= 4 is 27.5 Å². The average Bonchev–Trinajstić information content (AvgIpc) is 3.21.